The van der Waals surface area contributed by atoms with Crippen LogP contribution in [0, 0.1) is 16.7 Å². The number of imidazole rings is 1. The minimum atomic E-state index is -0.171. The van der Waals surface area contributed by atoms with Crippen molar-refractivity contribution >= 4 is 11.8 Å². The van der Waals surface area contributed by atoms with Crippen molar-refractivity contribution in [3.05, 3.63) is 12.4 Å². The number of hydrogen-bond donors (Lipinski definition) is 1. The summed E-state index contributed by atoms with van der Waals surface area (Å²) in [5.74, 6) is 1.06. The summed E-state index contributed by atoms with van der Waals surface area (Å²) in [6.45, 7) is 3.99. The normalized spacial score (nSPS) is 11.3. The van der Waals surface area contributed by atoms with Crippen LogP contribution < -0.4 is 0 Å². The van der Waals surface area contributed by atoms with Gasteiger partial charge in [-0.15, -0.1) is 0 Å². The number of H-pyrrole nitrogens is 1. The Bertz CT molecular complexity index is 311. The van der Waals surface area contributed by atoms with Crippen LogP contribution in [0.15, 0.2) is 17.6 Å². The van der Waals surface area contributed by atoms with Gasteiger partial charge in [-0.1, -0.05) is 18.2 Å². The van der Waals surface area contributed by atoms with Gasteiger partial charge in [0.15, 0.2) is 5.16 Å². The van der Waals surface area contributed by atoms with E-state index in [1.165, 1.54) is 0 Å². The molecule has 1 rings (SSSR count). The molecule has 0 saturated carbocycles. The second-order valence-corrected chi connectivity index (χ2v) is 5.28. The van der Waals surface area contributed by atoms with Crippen molar-refractivity contribution in [1.82, 2.24) is 9.97 Å². The zero-order valence-corrected chi connectivity index (χ0v) is 10.1. The molecule has 0 aromatic carbocycles. The van der Waals surface area contributed by atoms with Gasteiger partial charge in [-0.05, 0) is 26.7 Å². The van der Waals surface area contributed by atoms with E-state index in [4.69, 9.17) is 5.26 Å². The predicted octanol–water partition coefficient (Wildman–Crippen LogP) is 3.22. The van der Waals surface area contributed by atoms with Crippen LogP contribution in [0.2, 0.25) is 0 Å². The summed E-state index contributed by atoms with van der Waals surface area (Å²) in [5.41, 5.74) is -0.171. The van der Waals surface area contributed by atoms with Crippen LogP contribution in [-0.2, 0) is 0 Å². The summed E-state index contributed by atoms with van der Waals surface area (Å²) in [6.07, 6.45) is 6.81. The van der Waals surface area contributed by atoms with E-state index in [0.29, 0.717) is 0 Å². The number of unbranched alkanes of at least 4 members (excludes halogenated alkanes) is 1. The highest BCUT2D eigenvalue weighted by Crippen LogP contribution is 2.23. The first kappa shape index (κ1) is 12.1. The third-order valence-corrected chi connectivity index (χ3v) is 3.20. The molecule has 15 heavy (non-hydrogen) atoms. The fourth-order valence-corrected chi connectivity index (χ4v) is 2.05. The van der Waals surface area contributed by atoms with E-state index in [9.17, 15) is 0 Å². The Kier molecular flexibility index (Phi) is 4.70. The zero-order chi connectivity index (χ0) is 11.1. The summed E-state index contributed by atoms with van der Waals surface area (Å²) >= 11 is 1.74. The predicted molar refractivity (Wildman–Crippen MR) is 62.6 cm³/mol. The summed E-state index contributed by atoms with van der Waals surface area (Å²) in [7, 11) is 0. The second kappa shape index (κ2) is 5.82. The smallest absolute Gasteiger partial charge is 0.165 e. The number of aromatic amines is 1. The van der Waals surface area contributed by atoms with Crippen LogP contribution in [0.4, 0.5) is 0 Å². The van der Waals surface area contributed by atoms with E-state index in [1.54, 1.807) is 18.0 Å². The van der Waals surface area contributed by atoms with Gasteiger partial charge in [-0.2, -0.15) is 5.26 Å². The number of aromatic nitrogens is 2. The third kappa shape index (κ3) is 4.89. The Morgan fingerprint density at radius 3 is 2.93 bits per heavy atom. The molecule has 0 amide bonds. The largest absolute Gasteiger partial charge is 0.340 e. The lowest BCUT2D eigenvalue weighted by molar-refractivity contribution is 0.433. The van der Waals surface area contributed by atoms with Crippen molar-refractivity contribution < 1.29 is 0 Å². The van der Waals surface area contributed by atoms with Crippen molar-refractivity contribution in [2.24, 2.45) is 5.41 Å². The lowest BCUT2D eigenvalue weighted by Gasteiger charge is -2.13. The van der Waals surface area contributed by atoms with Crippen molar-refractivity contribution in [2.45, 2.75) is 38.3 Å². The monoisotopic (exact) mass is 223 g/mol. The SMILES string of the molecule is CC(C)(C#N)CCCCSc1ncc[nH]1. The highest BCUT2D eigenvalue weighted by Gasteiger charge is 2.15. The van der Waals surface area contributed by atoms with Crippen molar-refractivity contribution in [3.8, 4) is 6.07 Å². The Balaban J connectivity index is 2.06. The van der Waals surface area contributed by atoms with Gasteiger partial charge in [-0.25, -0.2) is 4.98 Å². The van der Waals surface area contributed by atoms with Gasteiger partial charge in [0.1, 0.15) is 0 Å². The minimum absolute atomic E-state index is 0.171. The van der Waals surface area contributed by atoms with Crippen LogP contribution in [0.25, 0.3) is 0 Å². The van der Waals surface area contributed by atoms with Crippen molar-refractivity contribution in [1.29, 1.82) is 5.26 Å². The standard InChI is InChI=1S/C11H17N3S/c1-11(2,9-12)5-3-4-8-15-10-13-6-7-14-10/h6-7H,3-5,8H2,1-2H3,(H,13,14). The number of nitriles is 1. The van der Waals surface area contributed by atoms with E-state index in [0.717, 1.165) is 30.2 Å². The average molecular weight is 223 g/mol. The molecule has 82 valence electrons. The van der Waals surface area contributed by atoms with Gasteiger partial charge in [0.25, 0.3) is 0 Å². The molecule has 0 radical (unpaired) electrons. The second-order valence-electron chi connectivity index (χ2n) is 4.20. The van der Waals surface area contributed by atoms with E-state index >= 15 is 0 Å². The number of nitrogens with zero attached hydrogens (tertiary/aromatic N) is 2. The molecule has 0 aliphatic heterocycles. The molecule has 0 atom stereocenters. The molecular weight excluding hydrogens is 206 g/mol. The van der Waals surface area contributed by atoms with Crippen molar-refractivity contribution in [3.63, 3.8) is 0 Å². The molecule has 0 saturated heterocycles. The molecule has 0 aliphatic carbocycles. The van der Waals surface area contributed by atoms with Gasteiger partial charge in [0.05, 0.1) is 11.5 Å². The third-order valence-electron chi connectivity index (χ3n) is 2.21. The summed E-state index contributed by atoms with van der Waals surface area (Å²) in [6, 6.07) is 2.32. The lowest BCUT2D eigenvalue weighted by Crippen LogP contribution is -2.07. The Morgan fingerprint density at radius 2 is 2.33 bits per heavy atom. The fraction of sp³-hybridized carbons (Fsp3) is 0.636. The number of nitrogens with one attached hydrogen (secondary N) is 1. The first-order chi connectivity index (χ1) is 7.14. The fourth-order valence-electron chi connectivity index (χ4n) is 1.22. The van der Waals surface area contributed by atoms with Crippen molar-refractivity contribution in [2.75, 3.05) is 5.75 Å². The number of rotatable bonds is 6. The molecule has 1 heterocycles. The number of hydrogen-bond acceptors (Lipinski definition) is 3. The molecule has 1 N–H and O–H groups in total. The zero-order valence-electron chi connectivity index (χ0n) is 9.29. The average Bonchev–Trinajstić information content (AvgIpc) is 2.70. The van der Waals surface area contributed by atoms with E-state index < -0.39 is 0 Å². The number of thioether (sulfide) groups is 1. The Labute approximate surface area is 95.3 Å². The quantitative estimate of drug-likeness (QED) is 0.595. The van der Waals surface area contributed by atoms with Gasteiger partial charge < -0.3 is 4.98 Å². The first-order valence-corrected chi connectivity index (χ1v) is 6.16. The van der Waals surface area contributed by atoms with Crippen LogP contribution in [0.1, 0.15) is 33.1 Å². The highest BCUT2D eigenvalue weighted by atomic mass is 32.2. The maximum Gasteiger partial charge on any atom is 0.165 e. The maximum absolute atomic E-state index is 8.83. The van der Waals surface area contributed by atoms with E-state index in [-0.39, 0.29) is 5.41 Å². The van der Waals surface area contributed by atoms with E-state index in [1.807, 2.05) is 20.0 Å². The molecule has 4 heteroatoms. The molecule has 1 aromatic rings. The topological polar surface area (TPSA) is 52.5 Å². The van der Waals surface area contributed by atoms with Crippen LogP contribution in [0.5, 0.6) is 0 Å². The first-order valence-electron chi connectivity index (χ1n) is 5.17. The maximum atomic E-state index is 8.83. The van der Waals surface area contributed by atoms with Gasteiger partial charge in [0, 0.05) is 18.1 Å². The lowest BCUT2D eigenvalue weighted by atomic mass is 9.89. The molecule has 1 aromatic heterocycles. The summed E-state index contributed by atoms with van der Waals surface area (Å²) in [4.78, 5) is 7.19. The molecular formula is C11H17N3S. The van der Waals surface area contributed by atoms with Gasteiger partial charge in [-0.3, -0.25) is 0 Å². The van der Waals surface area contributed by atoms with E-state index in [2.05, 4.69) is 16.0 Å². The van der Waals surface area contributed by atoms with Gasteiger partial charge >= 0.3 is 0 Å². The van der Waals surface area contributed by atoms with Gasteiger partial charge in [0.2, 0.25) is 0 Å². The Morgan fingerprint density at radius 1 is 1.53 bits per heavy atom. The molecule has 0 fully saturated rings. The van der Waals surface area contributed by atoms with Crippen LogP contribution in [-0.4, -0.2) is 15.7 Å². The highest BCUT2D eigenvalue weighted by molar-refractivity contribution is 7.99. The van der Waals surface area contributed by atoms with Crippen LogP contribution in [0.3, 0.4) is 0 Å². The van der Waals surface area contributed by atoms with Crippen LogP contribution >= 0.6 is 11.8 Å². The minimum Gasteiger partial charge on any atom is -0.340 e. The molecule has 3 nitrogen and oxygen atoms in total. The summed E-state index contributed by atoms with van der Waals surface area (Å²) < 4.78 is 0. The Hall–Kier alpha value is -0.950. The molecule has 0 unspecified atom stereocenters. The molecule has 0 bridgehead atoms. The molecule has 0 spiro atoms. The summed E-state index contributed by atoms with van der Waals surface area (Å²) in [5, 5.41) is 9.81. The molecule has 0 aliphatic rings.